The van der Waals surface area contributed by atoms with Gasteiger partial charge in [-0.25, -0.2) is 23.0 Å². The summed E-state index contributed by atoms with van der Waals surface area (Å²) in [5.41, 5.74) is 0.773. The third-order valence-electron chi connectivity index (χ3n) is 3.95. The van der Waals surface area contributed by atoms with Crippen molar-refractivity contribution >= 4 is 49.8 Å². The Labute approximate surface area is 170 Å². The maximum absolute atomic E-state index is 13.0. The van der Waals surface area contributed by atoms with E-state index in [0.717, 1.165) is 21.9 Å². The number of esters is 1. The summed E-state index contributed by atoms with van der Waals surface area (Å²) in [4.78, 5) is 28.9. The number of rotatable bonds is 5. The van der Waals surface area contributed by atoms with Crippen LogP contribution >= 0.6 is 22.7 Å². The van der Waals surface area contributed by atoms with E-state index in [1.54, 1.807) is 5.38 Å². The molecule has 1 aliphatic heterocycles. The number of fused-ring (bicyclic) bond motifs is 1. The summed E-state index contributed by atoms with van der Waals surface area (Å²) in [5.74, 6) is -0.674. The molecule has 0 bridgehead atoms. The van der Waals surface area contributed by atoms with E-state index in [0.29, 0.717) is 11.6 Å². The second-order valence-electron chi connectivity index (χ2n) is 6.34. The number of carbonyl (C=O) groups is 2. The summed E-state index contributed by atoms with van der Waals surface area (Å²) in [5, 5.41) is 7.36. The number of methoxy groups -OCH3 is 1. The molecule has 0 atom stereocenters. The number of nitrogens with one attached hydrogen (secondary N) is 2. The Bertz CT molecular complexity index is 996. The van der Waals surface area contributed by atoms with Crippen LogP contribution in [0.4, 0.5) is 9.93 Å². The molecule has 2 amide bonds. The Balaban J connectivity index is 1.79. The van der Waals surface area contributed by atoms with Gasteiger partial charge in [-0.15, -0.1) is 11.3 Å². The van der Waals surface area contributed by atoms with Crippen molar-refractivity contribution in [2.75, 3.05) is 19.0 Å². The van der Waals surface area contributed by atoms with E-state index in [9.17, 15) is 18.0 Å². The number of aromatic nitrogens is 1. The number of nitrogens with zero attached hydrogens (tertiary/aromatic N) is 2. The first-order chi connectivity index (χ1) is 13.2. The molecule has 9 nitrogen and oxygen atoms in total. The Morgan fingerprint density at radius 3 is 2.79 bits per heavy atom. The van der Waals surface area contributed by atoms with Crippen molar-refractivity contribution in [2.45, 2.75) is 37.8 Å². The lowest BCUT2D eigenvalue weighted by Crippen LogP contribution is -2.36. The zero-order valence-electron chi connectivity index (χ0n) is 15.5. The number of hydrogen-bond donors (Lipinski definition) is 2. The maximum atomic E-state index is 13.0. The molecule has 2 aromatic heterocycles. The molecule has 28 heavy (non-hydrogen) atoms. The topological polar surface area (TPSA) is 118 Å². The average Bonchev–Trinajstić information content (AvgIpc) is 3.26. The highest BCUT2D eigenvalue weighted by Crippen LogP contribution is 2.33. The highest BCUT2D eigenvalue weighted by Gasteiger charge is 2.34. The van der Waals surface area contributed by atoms with Crippen LogP contribution in [0, 0.1) is 0 Å². The average molecular weight is 445 g/mol. The molecule has 0 aliphatic carbocycles. The summed E-state index contributed by atoms with van der Waals surface area (Å²) in [7, 11) is -2.64. The molecule has 2 aromatic rings. The number of carbonyl (C=O) groups excluding carboxylic acids is 2. The van der Waals surface area contributed by atoms with Gasteiger partial charge in [0.2, 0.25) is 10.0 Å². The number of ether oxygens (including phenoxy) is 1. The number of hydrogen-bond acceptors (Lipinski definition) is 8. The van der Waals surface area contributed by atoms with E-state index in [-0.39, 0.29) is 34.9 Å². The van der Waals surface area contributed by atoms with Gasteiger partial charge in [0.15, 0.2) is 5.13 Å². The molecule has 0 saturated carbocycles. The quantitative estimate of drug-likeness (QED) is 0.683. The van der Waals surface area contributed by atoms with Gasteiger partial charge in [-0.3, -0.25) is 5.32 Å². The minimum Gasteiger partial charge on any atom is -0.465 e. The molecule has 152 valence electrons. The Morgan fingerprint density at radius 2 is 2.11 bits per heavy atom. The lowest BCUT2D eigenvalue weighted by atomic mass is 10.2. The van der Waals surface area contributed by atoms with Crippen LogP contribution in [-0.4, -0.2) is 49.4 Å². The lowest BCUT2D eigenvalue weighted by Gasteiger charge is -2.25. The Hall–Kier alpha value is -2.02. The van der Waals surface area contributed by atoms with Crippen molar-refractivity contribution in [3.8, 4) is 0 Å². The zero-order chi connectivity index (χ0) is 20.5. The number of urea groups is 1. The van der Waals surface area contributed by atoms with Gasteiger partial charge in [0.1, 0.15) is 9.77 Å². The van der Waals surface area contributed by atoms with Crippen LogP contribution in [0.1, 0.15) is 34.1 Å². The third-order valence-corrected chi connectivity index (χ3v) is 7.86. The van der Waals surface area contributed by atoms with Crippen molar-refractivity contribution in [1.29, 1.82) is 0 Å². The van der Waals surface area contributed by atoms with Crippen LogP contribution < -0.4 is 10.6 Å². The normalized spacial score (nSPS) is 14.6. The maximum Gasteiger partial charge on any atom is 0.349 e. The number of sulfonamides is 1. The monoisotopic (exact) mass is 444 g/mol. The van der Waals surface area contributed by atoms with Crippen molar-refractivity contribution in [3.05, 3.63) is 26.9 Å². The largest absolute Gasteiger partial charge is 0.465 e. The van der Waals surface area contributed by atoms with Gasteiger partial charge in [0.25, 0.3) is 0 Å². The fourth-order valence-corrected chi connectivity index (χ4v) is 6.52. The van der Waals surface area contributed by atoms with Crippen LogP contribution in [0.3, 0.4) is 0 Å². The molecule has 2 N–H and O–H groups in total. The molecule has 0 unspecified atom stereocenters. The molecule has 1 aliphatic rings. The smallest absolute Gasteiger partial charge is 0.349 e. The second kappa shape index (κ2) is 8.15. The molecule has 0 saturated heterocycles. The molecule has 0 fully saturated rings. The lowest BCUT2D eigenvalue weighted by molar-refractivity contribution is 0.0602. The van der Waals surface area contributed by atoms with Crippen LogP contribution in [0.15, 0.2) is 16.3 Å². The van der Waals surface area contributed by atoms with E-state index in [2.05, 4.69) is 20.4 Å². The summed E-state index contributed by atoms with van der Waals surface area (Å²) in [6, 6.07) is 1.05. The van der Waals surface area contributed by atoms with E-state index in [1.807, 2.05) is 13.8 Å². The summed E-state index contributed by atoms with van der Waals surface area (Å²) >= 11 is 2.27. The van der Waals surface area contributed by atoms with Crippen LogP contribution in [0.5, 0.6) is 0 Å². The first kappa shape index (κ1) is 20.7. The van der Waals surface area contributed by atoms with Gasteiger partial charge in [0, 0.05) is 23.9 Å². The van der Waals surface area contributed by atoms with Crippen molar-refractivity contribution in [3.63, 3.8) is 0 Å². The highest BCUT2D eigenvalue weighted by molar-refractivity contribution is 7.89. The van der Waals surface area contributed by atoms with Crippen LogP contribution in [0.25, 0.3) is 0 Å². The standard InChI is InChI=1S/C16H20N4O5S3/c1-9(2)17-15(22)19-16-18-10-4-6-20(8-11(10)27-16)28(23,24)12-5-7-26-13(12)14(21)25-3/h5,7,9H,4,6,8H2,1-3H3,(H2,17,18,19,22). The third kappa shape index (κ3) is 4.19. The molecule has 0 spiro atoms. The predicted molar refractivity (Wildman–Crippen MR) is 106 cm³/mol. The second-order valence-corrected chi connectivity index (χ2v) is 10.2. The van der Waals surface area contributed by atoms with Crippen molar-refractivity contribution in [1.82, 2.24) is 14.6 Å². The summed E-state index contributed by atoms with van der Waals surface area (Å²) in [6.45, 7) is 4.08. The fraction of sp³-hybridized carbons (Fsp3) is 0.438. The minimum absolute atomic E-state index is 0.00941. The summed E-state index contributed by atoms with van der Waals surface area (Å²) in [6.07, 6.45) is 0.427. The van der Waals surface area contributed by atoms with E-state index in [4.69, 9.17) is 0 Å². The molecular formula is C16H20N4O5S3. The van der Waals surface area contributed by atoms with Gasteiger partial charge in [0.05, 0.1) is 19.3 Å². The van der Waals surface area contributed by atoms with Crippen LogP contribution in [-0.2, 0) is 27.7 Å². The van der Waals surface area contributed by atoms with E-state index >= 15 is 0 Å². The molecule has 0 aromatic carbocycles. The van der Waals surface area contributed by atoms with E-state index < -0.39 is 16.0 Å². The van der Waals surface area contributed by atoms with Gasteiger partial charge in [-0.1, -0.05) is 11.3 Å². The highest BCUT2D eigenvalue weighted by atomic mass is 32.2. The molecule has 0 radical (unpaired) electrons. The molecule has 3 rings (SSSR count). The number of thiophene rings is 1. The van der Waals surface area contributed by atoms with Gasteiger partial charge < -0.3 is 10.1 Å². The Kier molecular flexibility index (Phi) is 6.03. The fourth-order valence-electron chi connectivity index (χ4n) is 2.71. The number of amides is 2. The predicted octanol–water partition coefficient (Wildman–Crippen LogP) is 2.27. The SMILES string of the molecule is COC(=O)c1sccc1S(=O)(=O)N1CCc2nc(NC(=O)NC(C)C)sc2C1. The van der Waals surface area contributed by atoms with Crippen LogP contribution in [0.2, 0.25) is 0 Å². The minimum atomic E-state index is -3.85. The first-order valence-corrected chi connectivity index (χ1v) is 11.6. The number of anilines is 1. The van der Waals surface area contributed by atoms with Gasteiger partial charge in [-0.2, -0.15) is 4.31 Å². The molecule has 12 heteroatoms. The zero-order valence-corrected chi connectivity index (χ0v) is 18.0. The summed E-state index contributed by atoms with van der Waals surface area (Å²) < 4.78 is 32.1. The van der Waals surface area contributed by atoms with Gasteiger partial charge >= 0.3 is 12.0 Å². The molecular weight excluding hydrogens is 424 g/mol. The number of thiazole rings is 1. The van der Waals surface area contributed by atoms with Gasteiger partial charge in [-0.05, 0) is 25.3 Å². The first-order valence-electron chi connectivity index (χ1n) is 8.44. The van der Waals surface area contributed by atoms with Crippen molar-refractivity contribution in [2.24, 2.45) is 0 Å². The Morgan fingerprint density at radius 1 is 1.36 bits per heavy atom. The van der Waals surface area contributed by atoms with Crippen molar-refractivity contribution < 1.29 is 22.7 Å². The molecule has 3 heterocycles. The van der Waals surface area contributed by atoms with E-state index in [1.165, 1.54) is 28.8 Å².